The SMILES string of the molecule is CC(C)(N)C(=O)NCC1(c2cccs2)CCCCC1. The number of hydrogen-bond acceptors (Lipinski definition) is 3. The van der Waals surface area contributed by atoms with E-state index in [1.165, 1.54) is 37.0 Å². The molecule has 0 bridgehead atoms. The molecule has 1 fully saturated rings. The third-order valence-corrected chi connectivity index (χ3v) is 5.14. The molecule has 1 amide bonds. The molecule has 1 aliphatic carbocycles. The van der Waals surface area contributed by atoms with Crippen LogP contribution in [0.5, 0.6) is 0 Å². The zero-order chi connectivity index (χ0) is 13.9. The van der Waals surface area contributed by atoms with Gasteiger partial charge >= 0.3 is 0 Å². The molecule has 106 valence electrons. The highest BCUT2D eigenvalue weighted by molar-refractivity contribution is 7.10. The summed E-state index contributed by atoms with van der Waals surface area (Å²) < 4.78 is 0. The Balaban J connectivity index is 2.09. The molecule has 1 aliphatic rings. The van der Waals surface area contributed by atoms with Crippen molar-refractivity contribution in [3.05, 3.63) is 22.4 Å². The first kappa shape index (κ1) is 14.5. The summed E-state index contributed by atoms with van der Waals surface area (Å²) in [7, 11) is 0. The first-order valence-corrected chi connectivity index (χ1v) is 7.93. The van der Waals surface area contributed by atoms with Crippen LogP contribution < -0.4 is 11.1 Å². The molecule has 0 radical (unpaired) electrons. The zero-order valence-corrected chi connectivity index (χ0v) is 12.7. The van der Waals surface area contributed by atoms with Crippen LogP contribution >= 0.6 is 11.3 Å². The normalized spacial score (nSPS) is 19.1. The van der Waals surface area contributed by atoms with Gasteiger partial charge in [-0.2, -0.15) is 0 Å². The van der Waals surface area contributed by atoms with Gasteiger partial charge in [0.1, 0.15) is 0 Å². The van der Waals surface area contributed by atoms with Crippen LogP contribution in [0.2, 0.25) is 0 Å². The van der Waals surface area contributed by atoms with Gasteiger partial charge in [-0.25, -0.2) is 0 Å². The van der Waals surface area contributed by atoms with E-state index >= 15 is 0 Å². The molecule has 0 spiro atoms. The van der Waals surface area contributed by atoms with E-state index in [0.29, 0.717) is 6.54 Å². The summed E-state index contributed by atoms with van der Waals surface area (Å²) in [4.78, 5) is 13.4. The minimum atomic E-state index is -0.800. The second kappa shape index (κ2) is 5.63. The number of nitrogens with one attached hydrogen (secondary N) is 1. The van der Waals surface area contributed by atoms with E-state index in [4.69, 9.17) is 5.73 Å². The van der Waals surface area contributed by atoms with Gasteiger partial charge in [0.2, 0.25) is 5.91 Å². The van der Waals surface area contributed by atoms with Crippen molar-refractivity contribution in [2.24, 2.45) is 5.73 Å². The molecule has 0 aromatic carbocycles. The number of rotatable bonds is 4. The summed E-state index contributed by atoms with van der Waals surface area (Å²) in [6, 6.07) is 4.31. The zero-order valence-electron chi connectivity index (χ0n) is 11.9. The van der Waals surface area contributed by atoms with Crippen molar-refractivity contribution in [1.82, 2.24) is 5.32 Å². The topological polar surface area (TPSA) is 55.1 Å². The maximum Gasteiger partial charge on any atom is 0.239 e. The quantitative estimate of drug-likeness (QED) is 0.891. The molecule has 0 unspecified atom stereocenters. The molecule has 1 aromatic rings. The van der Waals surface area contributed by atoms with Gasteiger partial charge < -0.3 is 11.1 Å². The Morgan fingerprint density at radius 2 is 2.11 bits per heavy atom. The minimum absolute atomic E-state index is 0.0611. The van der Waals surface area contributed by atoms with Crippen molar-refractivity contribution in [1.29, 1.82) is 0 Å². The summed E-state index contributed by atoms with van der Waals surface area (Å²) >= 11 is 1.80. The number of carbonyl (C=O) groups is 1. The summed E-state index contributed by atoms with van der Waals surface area (Å²) in [5, 5.41) is 5.19. The largest absolute Gasteiger partial charge is 0.354 e. The van der Waals surface area contributed by atoms with Gasteiger partial charge in [-0.3, -0.25) is 4.79 Å². The third-order valence-electron chi connectivity index (χ3n) is 4.03. The van der Waals surface area contributed by atoms with Crippen LogP contribution in [0.1, 0.15) is 50.8 Å². The molecule has 3 N–H and O–H groups in total. The average Bonchev–Trinajstić information content (AvgIpc) is 2.90. The first-order valence-electron chi connectivity index (χ1n) is 7.05. The second-order valence-corrected chi connectivity index (χ2v) is 7.17. The predicted molar refractivity (Wildman–Crippen MR) is 80.4 cm³/mol. The van der Waals surface area contributed by atoms with Gasteiger partial charge in [0.05, 0.1) is 5.54 Å². The van der Waals surface area contributed by atoms with Crippen LogP contribution in [0.4, 0.5) is 0 Å². The van der Waals surface area contributed by atoms with Gasteiger partial charge in [-0.15, -0.1) is 11.3 Å². The molecular formula is C15H24N2OS. The van der Waals surface area contributed by atoms with Crippen molar-refractivity contribution in [3.8, 4) is 0 Å². The number of hydrogen-bond donors (Lipinski definition) is 2. The number of amides is 1. The van der Waals surface area contributed by atoms with Crippen molar-refractivity contribution >= 4 is 17.2 Å². The number of thiophene rings is 1. The standard InChI is InChI=1S/C15H24N2OS/c1-14(2,16)13(18)17-11-15(8-4-3-5-9-15)12-7-6-10-19-12/h6-7,10H,3-5,8-9,11,16H2,1-2H3,(H,17,18). The van der Waals surface area contributed by atoms with Crippen molar-refractivity contribution in [2.45, 2.75) is 56.9 Å². The fourth-order valence-electron chi connectivity index (χ4n) is 2.80. The highest BCUT2D eigenvalue weighted by Crippen LogP contribution is 2.41. The van der Waals surface area contributed by atoms with E-state index in [9.17, 15) is 4.79 Å². The van der Waals surface area contributed by atoms with E-state index in [-0.39, 0.29) is 11.3 Å². The average molecular weight is 280 g/mol. The lowest BCUT2D eigenvalue weighted by Gasteiger charge is -2.37. The summed E-state index contributed by atoms with van der Waals surface area (Å²) in [6.07, 6.45) is 6.14. The van der Waals surface area contributed by atoms with Gasteiger partial charge in [-0.1, -0.05) is 25.3 Å². The van der Waals surface area contributed by atoms with Crippen LogP contribution in [-0.2, 0) is 10.2 Å². The fourth-order valence-corrected chi connectivity index (χ4v) is 3.78. The van der Waals surface area contributed by atoms with E-state index in [2.05, 4.69) is 22.8 Å². The van der Waals surface area contributed by atoms with Crippen LogP contribution in [0.25, 0.3) is 0 Å². The van der Waals surface area contributed by atoms with E-state index < -0.39 is 5.54 Å². The number of carbonyl (C=O) groups excluding carboxylic acids is 1. The van der Waals surface area contributed by atoms with Crippen molar-refractivity contribution in [3.63, 3.8) is 0 Å². The minimum Gasteiger partial charge on any atom is -0.354 e. The summed E-state index contributed by atoms with van der Waals surface area (Å²) in [5.41, 5.74) is 5.18. The van der Waals surface area contributed by atoms with E-state index in [1.54, 1.807) is 25.2 Å². The Morgan fingerprint density at radius 1 is 1.42 bits per heavy atom. The van der Waals surface area contributed by atoms with Crippen LogP contribution in [0, 0.1) is 0 Å². The Hall–Kier alpha value is -0.870. The van der Waals surface area contributed by atoms with E-state index in [1.807, 2.05) is 0 Å². The monoisotopic (exact) mass is 280 g/mol. The summed E-state index contributed by atoms with van der Waals surface area (Å²) in [5.74, 6) is -0.0611. The predicted octanol–water partition coefficient (Wildman–Crippen LogP) is 2.80. The fraction of sp³-hybridized carbons (Fsp3) is 0.667. The van der Waals surface area contributed by atoms with Crippen LogP contribution in [0.15, 0.2) is 17.5 Å². The Bertz CT molecular complexity index is 414. The van der Waals surface area contributed by atoms with Crippen molar-refractivity contribution in [2.75, 3.05) is 6.54 Å². The summed E-state index contributed by atoms with van der Waals surface area (Å²) in [6.45, 7) is 4.22. The second-order valence-electron chi connectivity index (χ2n) is 6.22. The lowest BCUT2D eigenvalue weighted by Crippen LogP contribution is -2.52. The third kappa shape index (κ3) is 3.37. The van der Waals surface area contributed by atoms with Gasteiger partial charge in [0.25, 0.3) is 0 Å². The molecule has 1 heterocycles. The highest BCUT2D eigenvalue weighted by atomic mass is 32.1. The highest BCUT2D eigenvalue weighted by Gasteiger charge is 2.36. The molecule has 19 heavy (non-hydrogen) atoms. The lowest BCUT2D eigenvalue weighted by atomic mass is 9.73. The molecule has 0 saturated heterocycles. The molecule has 4 heteroatoms. The molecule has 2 rings (SSSR count). The van der Waals surface area contributed by atoms with Gasteiger partial charge in [0.15, 0.2) is 0 Å². The van der Waals surface area contributed by atoms with Gasteiger partial charge in [-0.05, 0) is 38.1 Å². The van der Waals surface area contributed by atoms with E-state index in [0.717, 1.165) is 0 Å². The molecule has 0 atom stereocenters. The number of nitrogens with two attached hydrogens (primary N) is 1. The molecule has 1 saturated carbocycles. The Kier molecular flexibility index (Phi) is 4.31. The first-order chi connectivity index (χ1) is 8.94. The van der Waals surface area contributed by atoms with Crippen LogP contribution in [0.3, 0.4) is 0 Å². The Morgan fingerprint density at radius 3 is 2.63 bits per heavy atom. The molecule has 1 aromatic heterocycles. The lowest BCUT2D eigenvalue weighted by molar-refractivity contribution is -0.125. The van der Waals surface area contributed by atoms with Crippen LogP contribution in [-0.4, -0.2) is 18.0 Å². The Labute approximate surface area is 119 Å². The molecule has 3 nitrogen and oxygen atoms in total. The maximum atomic E-state index is 12.0. The smallest absolute Gasteiger partial charge is 0.239 e. The molecular weight excluding hydrogens is 256 g/mol. The maximum absolute atomic E-state index is 12.0. The van der Waals surface area contributed by atoms with Gasteiger partial charge in [0, 0.05) is 16.8 Å². The molecule has 0 aliphatic heterocycles. The van der Waals surface area contributed by atoms with Crippen molar-refractivity contribution < 1.29 is 4.79 Å².